The summed E-state index contributed by atoms with van der Waals surface area (Å²) >= 11 is 0. The SMILES string of the molecule is c1ccc2c(c1)-c1ccccc1C21c2cc(-c3cccc4oc5c6ccccc6ccc5c34)ccc2-c2c1cc1ccccc1c2-c1ccc2c(c1)oc1ccccc12. The lowest BCUT2D eigenvalue weighted by Gasteiger charge is -2.31. The summed E-state index contributed by atoms with van der Waals surface area (Å²) in [6.07, 6.45) is 0. The normalized spacial score (nSPS) is 13.6. The van der Waals surface area contributed by atoms with E-state index in [0.29, 0.717) is 0 Å². The first-order valence-electron chi connectivity index (χ1n) is 20.4. The van der Waals surface area contributed by atoms with Gasteiger partial charge in [0.2, 0.25) is 0 Å². The number of furan rings is 2. The highest BCUT2D eigenvalue weighted by Crippen LogP contribution is 2.65. The van der Waals surface area contributed by atoms with E-state index in [2.05, 4.69) is 188 Å². The second-order valence-corrected chi connectivity index (χ2v) is 16.3. The largest absolute Gasteiger partial charge is 0.456 e. The van der Waals surface area contributed by atoms with Crippen LogP contribution in [0.3, 0.4) is 0 Å². The van der Waals surface area contributed by atoms with Crippen molar-refractivity contribution in [3.8, 4) is 44.5 Å². The highest BCUT2D eigenvalue weighted by molar-refractivity contribution is 6.19. The van der Waals surface area contributed by atoms with Gasteiger partial charge >= 0.3 is 0 Å². The van der Waals surface area contributed by atoms with Crippen molar-refractivity contribution in [3.63, 3.8) is 0 Å². The molecular weight excluding hydrogens is 717 g/mol. The fraction of sp³-hybridized carbons (Fsp3) is 0.0175. The Kier molecular flexibility index (Phi) is 5.99. The zero-order valence-corrected chi connectivity index (χ0v) is 31.8. The molecule has 0 amide bonds. The molecule has 2 aliphatic carbocycles. The predicted octanol–water partition coefficient (Wildman–Crippen LogP) is 15.5. The predicted molar refractivity (Wildman–Crippen MR) is 243 cm³/mol. The molecule has 59 heavy (non-hydrogen) atoms. The molecule has 14 rings (SSSR count). The molecule has 10 aromatic carbocycles. The van der Waals surface area contributed by atoms with Gasteiger partial charge in [-0.1, -0.05) is 152 Å². The van der Waals surface area contributed by atoms with E-state index in [1.54, 1.807) is 0 Å². The van der Waals surface area contributed by atoms with Crippen LogP contribution in [0.5, 0.6) is 0 Å². The second kappa shape index (κ2) is 11.2. The fourth-order valence-corrected chi connectivity index (χ4v) is 11.1. The van der Waals surface area contributed by atoms with Crippen molar-refractivity contribution >= 4 is 65.4 Å². The van der Waals surface area contributed by atoms with Gasteiger partial charge in [-0.05, 0) is 125 Å². The number of hydrogen-bond acceptors (Lipinski definition) is 2. The van der Waals surface area contributed by atoms with Gasteiger partial charge in [0.15, 0.2) is 0 Å². The third-order valence-corrected chi connectivity index (χ3v) is 13.5. The van der Waals surface area contributed by atoms with Crippen molar-refractivity contribution in [2.75, 3.05) is 0 Å². The summed E-state index contributed by atoms with van der Waals surface area (Å²) in [5, 5.41) is 9.33. The lowest BCUT2D eigenvalue weighted by molar-refractivity contribution is 0.669. The molecule has 0 atom stereocenters. The lowest BCUT2D eigenvalue weighted by atomic mass is 9.69. The molecule has 0 N–H and O–H groups in total. The number of hydrogen-bond donors (Lipinski definition) is 0. The van der Waals surface area contributed by atoms with E-state index in [4.69, 9.17) is 8.83 Å². The van der Waals surface area contributed by atoms with E-state index in [1.165, 1.54) is 77.4 Å². The third-order valence-electron chi connectivity index (χ3n) is 13.5. The van der Waals surface area contributed by atoms with Gasteiger partial charge in [0, 0.05) is 26.9 Å². The van der Waals surface area contributed by atoms with Crippen LogP contribution < -0.4 is 0 Å². The molecule has 12 aromatic rings. The molecule has 272 valence electrons. The summed E-state index contributed by atoms with van der Waals surface area (Å²) in [6, 6.07) is 71.4. The summed E-state index contributed by atoms with van der Waals surface area (Å²) in [7, 11) is 0. The summed E-state index contributed by atoms with van der Waals surface area (Å²) in [5.41, 5.74) is 18.2. The van der Waals surface area contributed by atoms with Crippen LogP contribution in [0.15, 0.2) is 203 Å². The van der Waals surface area contributed by atoms with Crippen LogP contribution >= 0.6 is 0 Å². The van der Waals surface area contributed by atoms with Crippen molar-refractivity contribution in [2.24, 2.45) is 0 Å². The van der Waals surface area contributed by atoms with Gasteiger partial charge in [-0.15, -0.1) is 0 Å². The van der Waals surface area contributed by atoms with Gasteiger partial charge in [-0.25, -0.2) is 0 Å². The van der Waals surface area contributed by atoms with Gasteiger partial charge in [-0.3, -0.25) is 0 Å². The van der Waals surface area contributed by atoms with Crippen molar-refractivity contribution < 1.29 is 8.83 Å². The number of fused-ring (bicyclic) bond motifs is 19. The fourth-order valence-electron chi connectivity index (χ4n) is 11.1. The minimum absolute atomic E-state index is 0.543. The molecule has 0 saturated heterocycles. The maximum absolute atomic E-state index is 6.71. The van der Waals surface area contributed by atoms with Crippen LogP contribution in [0, 0.1) is 0 Å². The number of benzene rings is 10. The van der Waals surface area contributed by atoms with E-state index in [-0.39, 0.29) is 0 Å². The standard InChI is InChI=1S/C57H32O2/c1-4-15-39-33(12-1)24-29-45-54-38(19-11-23-51(54)59-56(39)45)35-25-28-44-48(30-35)57(46-20-8-5-16-40(46)41-17-6-9-21-47(41)57)49-31-34-13-2-3-14-37(34)53(55(44)49)36-26-27-43-42-18-7-10-22-50(42)58-52(43)32-36/h1-32H. The molecule has 0 saturated carbocycles. The molecule has 0 unspecified atom stereocenters. The Bertz CT molecular complexity index is 3750. The van der Waals surface area contributed by atoms with Crippen LogP contribution in [0.25, 0.3) is 110 Å². The van der Waals surface area contributed by atoms with E-state index < -0.39 is 5.41 Å². The topological polar surface area (TPSA) is 26.3 Å². The van der Waals surface area contributed by atoms with Crippen LogP contribution in [-0.4, -0.2) is 0 Å². The average molecular weight is 749 g/mol. The molecule has 2 aromatic heterocycles. The smallest absolute Gasteiger partial charge is 0.143 e. The van der Waals surface area contributed by atoms with Crippen molar-refractivity contribution in [1.29, 1.82) is 0 Å². The van der Waals surface area contributed by atoms with E-state index in [0.717, 1.165) is 54.8 Å². The molecule has 2 nitrogen and oxygen atoms in total. The lowest BCUT2D eigenvalue weighted by Crippen LogP contribution is -2.26. The van der Waals surface area contributed by atoms with Crippen LogP contribution in [-0.2, 0) is 5.41 Å². The minimum atomic E-state index is -0.543. The summed E-state index contributed by atoms with van der Waals surface area (Å²) in [6.45, 7) is 0. The molecule has 2 aliphatic rings. The average Bonchev–Trinajstić information content (AvgIpc) is 4.03. The highest BCUT2D eigenvalue weighted by atomic mass is 16.3. The van der Waals surface area contributed by atoms with Crippen molar-refractivity contribution in [2.45, 2.75) is 5.41 Å². The first-order valence-corrected chi connectivity index (χ1v) is 20.4. The molecule has 0 bridgehead atoms. The molecule has 0 radical (unpaired) electrons. The monoisotopic (exact) mass is 748 g/mol. The Morgan fingerprint density at radius 1 is 0.305 bits per heavy atom. The Hall–Kier alpha value is -7.68. The van der Waals surface area contributed by atoms with Crippen LogP contribution in [0.4, 0.5) is 0 Å². The van der Waals surface area contributed by atoms with Crippen LogP contribution in [0.1, 0.15) is 22.3 Å². The number of rotatable bonds is 2. The van der Waals surface area contributed by atoms with Crippen molar-refractivity contribution in [1.82, 2.24) is 0 Å². The van der Waals surface area contributed by atoms with Gasteiger partial charge in [0.1, 0.15) is 22.3 Å². The van der Waals surface area contributed by atoms with Gasteiger partial charge in [0.25, 0.3) is 0 Å². The second-order valence-electron chi connectivity index (χ2n) is 16.3. The number of para-hydroxylation sites is 1. The molecule has 2 heteroatoms. The molecule has 1 spiro atoms. The highest BCUT2D eigenvalue weighted by Gasteiger charge is 2.52. The van der Waals surface area contributed by atoms with Gasteiger partial charge < -0.3 is 8.83 Å². The first-order chi connectivity index (χ1) is 29.3. The Balaban J connectivity index is 1.11. The summed E-state index contributed by atoms with van der Waals surface area (Å²) < 4.78 is 13.2. The van der Waals surface area contributed by atoms with Crippen LogP contribution in [0.2, 0.25) is 0 Å². The van der Waals surface area contributed by atoms with E-state index in [1.807, 2.05) is 6.07 Å². The van der Waals surface area contributed by atoms with Gasteiger partial charge in [0.05, 0.1) is 5.41 Å². The Morgan fingerprint density at radius 3 is 1.80 bits per heavy atom. The Morgan fingerprint density at radius 2 is 0.949 bits per heavy atom. The third kappa shape index (κ3) is 3.96. The molecular formula is C57H32O2. The zero-order chi connectivity index (χ0) is 38.4. The summed E-state index contributed by atoms with van der Waals surface area (Å²) in [4.78, 5) is 0. The van der Waals surface area contributed by atoms with E-state index in [9.17, 15) is 0 Å². The van der Waals surface area contributed by atoms with Crippen molar-refractivity contribution in [3.05, 3.63) is 216 Å². The maximum Gasteiger partial charge on any atom is 0.143 e. The maximum atomic E-state index is 6.71. The zero-order valence-electron chi connectivity index (χ0n) is 31.8. The quantitative estimate of drug-likeness (QED) is 0.176. The first kappa shape index (κ1) is 31.4. The minimum Gasteiger partial charge on any atom is -0.456 e. The summed E-state index contributed by atoms with van der Waals surface area (Å²) in [5.74, 6) is 0. The van der Waals surface area contributed by atoms with E-state index >= 15 is 0 Å². The molecule has 0 aliphatic heterocycles. The Labute approximate surface area is 339 Å². The molecule has 2 heterocycles. The van der Waals surface area contributed by atoms with Gasteiger partial charge in [-0.2, -0.15) is 0 Å². The molecule has 0 fully saturated rings.